The molecule has 2 rings (SSSR count). The van der Waals surface area contributed by atoms with Crippen molar-refractivity contribution in [2.75, 3.05) is 7.11 Å². The maximum Gasteiger partial charge on any atom is 0.335 e. The van der Waals surface area contributed by atoms with Gasteiger partial charge in [-0.2, -0.15) is 0 Å². The molecule has 1 aromatic heterocycles. The number of hydrogen-bond donors (Lipinski definition) is 1. The highest BCUT2D eigenvalue weighted by Gasteiger charge is 2.09. The minimum Gasteiger partial charge on any atom is -0.478 e. The monoisotopic (exact) mass is 264 g/mol. The number of aromatic carboxylic acids is 1. The molecular formula is C12H9ClN2O3. The van der Waals surface area contributed by atoms with E-state index in [1.165, 1.54) is 19.2 Å². The van der Waals surface area contributed by atoms with E-state index in [0.717, 1.165) is 0 Å². The van der Waals surface area contributed by atoms with E-state index in [0.29, 0.717) is 16.1 Å². The number of methoxy groups -OCH3 is 1. The fourth-order valence-electron chi connectivity index (χ4n) is 1.44. The van der Waals surface area contributed by atoms with Crippen molar-refractivity contribution in [3.63, 3.8) is 0 Å². The van der Waals surface area contributed by atoms with Gasteiger partial charge in [0.2, 0.25) is 0 Å². The summed E-state index contributed by atoms with van der Waals surface area (Å²) in [4.78, 5) is 18.7. The average molecular weight is 265 g/mol. The van der Waals surface area contributed by atoms with E-state index in [1.807, 2.05) is 0 Å². The first-order valence-corrected chi connectivity index (χ1v) is 5.39. The molecule has 1 aromatic carbocycles. The van der Waals surface area contributed by atoms with Crippen LogP contribution in [0.25, 0.3) is 11.1 Å². The van der Waals surface area contributed by atoms with Crippen molar-refractivity contribution >= 4 is 17.6 Å². The molecule has 2 aromatic rings. The van der Waals surface area contributed by atoms with E-state index in [2.05, 4.69) is 9.97 Å². The van der Waals surface area contributed by atoms with Crippen LogP contribution in [0.4, 0.5) is 0 Å². The number of carbonyl (C=O) groups is 1. The SMILES string of the molecule is COc1ncc(-c2ccc(C(=O)O)cc2Cl)cn1. The van der Waals surface area contributed by atoms with Gasteiger partial charge >= 0.3 is 12.0 Å². The van der Waals surface area contributed by atoms with Crippen molar-refractivity contribution in [2.45, 2.75) is 0 Å². The molecule has 0 unspecified atom stereocenters. The van der Waals surface area contributed by atoms with Gasteiger partial charge in [-0.25, -0.2) is 14.8 Å². The lowest BCUT2D eigenvalue weighted by Crippen LogP contribution is -1.96. The zero-order valence-electron chi connectivity index (χ0n) is 9.42. The molecule has 92 valence electrons. The Hall–Kier alpha value is -2.14. The van der Waals surface area contributed by atoms with Gasteiger partial charge in [0.1, 0.15) is 0 Å². The van der Waals surface area contributed by atoms with Gasteiger partial charge in [-0.05, 0) is 12.1 Å². The standard InChI is InChI=1S/C12H9ClN2O3/c1-18-12-14-5-8(6-15-12)9-3-2-7(11(16)17)4-10(9)13/h2-6H,1H3,(H,16,17). The first-order valence-electron chi connectivity index (χ1n) is 5.01. The van der Waals surface area contributed by atoms with Crippen LogP contribution in [0, 0.1) is 0 Å². The quantitative estimate of drug-likeness (QED) is 0.922. The summed E-state index contributed by atoms with van der Waals surface area (Å²) in [7, 11) is 1.48. The maximum atomic E-state index is 10.8. The average Bonchev–Trinajstić information content (AvgIpc) is 2.38. The van der Waals surface area contributed by atoms with Gasteiger partial charge in [0.15, 0.2) is 0 Å². The smallest absolute Gasteiger partial charge is 0.335 e. The zero-order valence-corrected chi connectivity index (χ0v) is 10.2. The van der Waals surface area contributed by atoms with E-state index in [1.54, 1.807) is 18.5 Å². The van der Waals surface area contributed by atoms with E-state index in [9.17, 15) is 4.79 Å². The molecule has 0 radical (unpaired) electrons. The van der Waals surface area contributed by atoms with Crippen LogP contribution in [0.15, 0.2) is 30.6 Å². The second-order valence-electron chi connectivity index (χ2n) is 3.46. The Morgan fingerprint density at radius 3 is 2.50 bits per heavy atom. The Bertz CT molecular complexity index is 584. The second-order valence-corrected chi connectivity index (χ2v) is 3.87. The van der Waals surface area contributed by atoms with E-state index in [-0.39, 0.29) is 11.6 Å². The fourth-order valence-corrected chi connectivity index (χ4v) is 1.73. The van der Waals surface area contributed by atoms with Crippen molar-refractivity contribution in [3.05, 3.63) is 41.2 Å². The number of carboxylic acid groups (broad SMARTS) is 1. The number of hydrogen-bond acceptors (Lipinski definition) is 4. The minimum atomic E-state index is -1.02. The summed E-state index contributed by atoms with van der Waals surface area (Å²) in [5.74, 6) is -1.02. The van der Waals surface area contributed by atoms with Crippen molar-refractivity contribution in [2.24, 2.45) is 0 Å². The summed E-state index contributed by atoms with van der Waals surface area (Å²) >= 11 is 6.03. The highest BCUT2D eigenvalue weighted by molar-refractivity contribution is 6.33. The first-order chi connectivity index (χ1) is 8.61. The third-order valence-electron chi connectivity index (χ3n) is 2.34. The predicted octanol–water partition coefficient (Wildman–Crippen LogP) is 2.50. The number of rotatable bonds is 3. The molecule has 0 amide bonds. The molecule has 1 N–H and O–H groups in total. The van der Waals surface area contributed by atoms with Crippen LogP contribution in [0.5, 0.6) is 6.01 Å². The Morgan fingerprint density at radius 2 is 2.00 bits per heavy atom. The maximum absolute atomic E-state index is 10.8. The molecule has 0 aliphatic rings. The van der Waals surface area contributed by atoms with E-state index < -0.39 is 5.97 Å². The molecule has 5 nitrogen and oxygen atoms in total. The Labute approximate surface area is 108 Å². The van der Waals surface area contributed by atoms with Gasteiger partial charge in [0.05, 0.1) is 12.7 Å². The van der Waals surface area contributed by atoms with Gasteiger partial charge in [-0.1, -0.05) is 17.7 Å². The number of aromatic nitrogens is 2. The van der Waals surface area contributed by atoms with Crippen LogP contribution in [-0.2, 0) is 0 Å². The van der Waals surface area contributed by atoms with Crippen LogP contribution in [0.2, 0.25) is 5.02 Å². The summed E-state index contributed by atoms with van der Waals surface area (Å²) in [6.07, 6.45) is 3.13. The normalized spacial score (nSPS) is 10.1. The highest BCUT2D eigenvalue weighted by Crippen LogP contribution is 2.28. The summed E-state index contributed by atoms with van der Waals surface area (Å²) in [6, 6.07) is 4.76. The summed E-state index contributed by atoms with van der Waals surface area (Å²) in [6.45, 7) is 0. The first kappa shape index (κ1) is 12.3. The molecule has 0 spiro atoms. The van der Waals surface area contributed by atoms with Gasteiger partial charge < -0.3 is 9.84 Å². The minimum absolute atomic E-state index is 0.137. The topological polar surface area (TPSA) is 72.3 Å². The molecule has 0 aliphatic heterocycles. The molecule has 6 heteroatoms. The molecule has 18 heavy (non-hydrogen) atoms. The lowest BCUT2D eigenvalue weighted by molar-refractivity contribution is 0.0697. The van der Waals surface area contributed by atoms with Crippen molar-refractivity contribution in [3.8, 4) is 17.1 Å². The zero-order chi connectivity index (χ0) is 13.1. The molecule has 0 aliphatic carbocycles. The molecule has 0 atom stereocenters. The molecule has 1 heterocycles. The summed E-state index contributed by atoms with van der Waals surface area (Å²) < 4.78 is 4.85. The fraction of sp³-hybridized carbons (Fsp3) is 0.0833. The lowest BCUT2D eigenvalue weighted by atomic mass is 10.1. The number of halogens is 1. The molecule has 0 bridgehead atoms. The number of ether oxygens (including phenoxy) is 1. The van der Waals surface area contributed by atoms with Crippen molar-refractivity contribution in [1.29, 1.82) is 0 Å². The third kappa shape index (κ3) is 2.41. The van der Waals surface area contributed by atoms with Crippen LogP contribution in [0.3, 0.4) is 0 Å². The van der Waals surface area contributed by atoms with Crippen LogP contribution in [0.1, 0.15) is 10.4 Å². The number of benzene rings is 1. The molecule has 0 fully saturated rings. The molecular weight excluding hydrogens is 256 g/mol. The van der Waals surface area contributed by atoms with E-state index in [4.69, 9.17) is 21.4 Å². The highest BCUT2D eigenvalue weighted by atomic mass is 35.5. The second kappa shape index (κ2) is 5.01. The van der Waals surface area contributed by atoms with Crippen LogP contribution in [-0.4, -0.2) is 28.2 Å². The van der Waals surface area contributed by atoms with Crippen molar-refractivity contribution in [1.82, 2.24) is 9.97 Å². The molecule has 0 saturated heterocycles. The lowest BCUT2D eigenvalue weighted by Gasteiger charge is -2.05. The Morgan fingerprint density at radius 1 is 1.33 bits per heavy atom. The largest absolute Gasteiger partial charge is 0.478 e. The molecule has 0 saturated carbocycles. The van der Waals surface area contributed by atoms with Gasteiger partial charge in [-0.15, -0.1) is 0 Å². The van der Waals surface area contributed by atoms with Gasteiger partial charge in [0.25, 0.3) is 0 Å². The van der Waals surface area contributed by atoms with Crippen LogP contribution >= 0.6 is 11.6 Å². The predicted molar refractivity (Wildman–Crippen MR) is 66.0 cm³/mol. The summed E-state index contributed by atoms with van der Waals surface area (Å²) in [5, 5.41) is 9.18. The van der Waals surface area contributed by atoms with Gasteiger partial charge in [-0.3, -0.25) is 0 Å². The Balaban J connectivity index is 2.41. The number of carboxylic acids is 1. The Kier molecular flexibility index (Phi) is 3.43. The van der Waals surface area contributed by atoms with Gasteiger partial charge in [0, 0.05) is 28.5 Å². The van der Waals surface area contributed by atoms with Crippen molar-refractivity contribution < 1.29 is 14.6 Å². The third-order valence-corrected chi connectivity index (χ3v) is 2.65. The van der Waals surface area contributed by atoms with Crippen LogP contribution < -0.4 is 4.74 Å². The number of nitrogens with zero attached hydrogens (tertiary/aromatic N) is 2. The summed E-state index contributed by atoms with van der Waals surface area (Å²) in [5.41, 5.74) is 1.50. The van der Waals surface area contributed by atoms with E-state index >= 15 is 0 Å².